The molecule has 0 atom stereocenters. The van der Waals surface area contributed by atoms with E-state index in [9.17, 15) is 10.1 Å². The van der Waals surface area contributed by atoms with E-state index in [2.05, 4.69) is 27.2 Å². The van der Waals surface area contributed by atoms with E-state index in [0.717, 1.165) is 10.0 Å². The highest BCUT2D eigenvalue weighted by molar-refractivity contribution is 9.10. The maximum atomic E-state index is 12.7. The predicted molar refractivity (Wildman–Crippen MR) is 133 cm³/mol. The lowest BCUT2D eigenvalue weighted by molar-refractivity contribution is -0.112. The molecule has 0 aliphatic heterocycles. The average molecular weight is 522 g/mol. The summed E-state index contributed by atoms with van der Waals surface area (Å²) >= 11 is 9.52. The number of hydrogen-bond acceptors (Lipinski definition) is 4. The summed E-state index contributed by atoms with van der Waals surface area (Å²) in [5.74, 6) is 2.93. The van der Waals surface area contributed by atoms with Gasteiger partial charge in [-0.1, -0.05) is 51.7 Å². The Morgan fingerprint density at radius 2 is 1.88 bits per heavy atom. The van der Waals surface area contributed by atoms with E-state index >= 15 is 0 Å². The van der Waals surface area contributed by atoms with Crippen LogP contribution < -0.4 is 14.8 Å². The molecule has 3 rings (SSSR count). The minimum atomic E-state index is -0.551. The van der Waals surface area contributed by atoms with Gasteiger partial charge in [-0.05, 0) is 54.6 Å². The van der Waals surface area contributed by atoms with Crippen LogP contribution in [0.15, 0.2) is 76.8 Å². The number of nitrogens with one attached hydrogen (secondary N) is 1. The molecule has 3 aromatic rings. The zero-order valence-electron chi connectivity index (χ0n) is 17.3. The predicted octanol–water partition coefficient (Wildman–Crippen LogP) is 6.24. The molecule has 0 unspecified atom stereocenters. The van der Waals surface area contributed by atoms with E-state index in [1.807, 2.05) is 24.3 Å². The Balaban J connectivity index is 1.69. The van der Waals surface area contributed by atoms with Crippen molar-refractivity contribution >= 4 is 45.2 Å². The number of halogens is 2. The molecule has 0 heterocycles. The van der Waals surface area contributed by atoms with Crippen molar-refractivity contribution in [1.29, 1.82) is 5.26 Å². The number of anilines is 1. The van der Waals surface area contributed by atoms with Crippen LogP contribution in [0.1, 0.15) is 11.1 Å². The van der Waals surface area contributed by atoms with Crippen LogP contribution in [0.4, 0.5) is 5.69 Å². The molecular weight excluding hydrogens is 504 g/mol. The maximum absolute atomic E-state index is 12.7. The number of nitriles is 1. The van der Waals surface area contributed by atoms with Gasteiger partial charge in [0.25, 0.3) is 5.91 Å². The third-order valence-corrected chi connectivity index (χ3v) is 5.27. The quantitative estimate of drug-likeness (QED) is 0.216. The summed E-state index contributed by atoms with van der Waals surface area (Å²) < 4.78 is 12.0. The lowest BCUT2D eigenvalue weighted by atomic mass is 10.1. The number of hydrogen-bond donors (Lipinski definition) is 1. The maximum Gasteiger partial charge on any atom is 0.266 e. The fourth-order valence-electron chi connectivity index (χ4n) is 2.80. The van der Waals surface area contributed by atoms with E-state index < -0.39 is 5.91 Å². The Kier molecular flexibility index (Phi) is 8.55. The number of terminal acetylenes is 1. The Bertz CT molecular complexity index is 1260. The van der Waals surface area contributed by atoms with Gasteiger partial charge >= 0.3 is 0 Å². The van der Waals surface area contributed by atoms with E-state index in [-0.39, 0.29) is 12.2 Å². The van der Waals surface area contributed by atoms with Crippen LogP contribution in [0, 0.1) is 23.7 Å². The lowest BCUT2D eigenvalue weighted by Crippen LogP contribution is -2.13. The van der Waals surface area contributed by atoms with Crippen molar-refractivity contribution in [2.24, 2.45) is 0 Å². The minimum Gasteiger partial charge on any atom is -0.489 e. The summed E-state index contributed by atoms with van der Waals surface area (Å²) in [6, 6.07) is 21.4. The Morgan fingerprint density at radius 1 is 1.12 bits per heavy atom. The second kappa shape index (κ2) is 11.8. The highest BCUT2D eigenvalue weighted by Gasteiger charge is 2.12. The number of carbonyl (C=O) groups is 1. The average Bonchev–Trinajstić information content (AvgIpc) is 2.82. The van der Waals surface area contributed by atoms with Gasteiger partial charge in [0.15, 0.2) is 0 Å². The van der Waals surface area contributed by atoms with E-state index in [1.165, 1.54) is 6.08 Å². The molecule has 1 amide bonds. The molecule has 0 aliphatic carbocycles. The van der Waals surface area contributed by atoms with Crippen molar-refractivity contribution in [1.82, 2.24) is 0 Å². The number of rotatable bonds is 8. The van der Waals surface area contributed by atoms with Crippen LogP contribution in [0.25, 0.3) is 6.08 Å². The zero-order valence-corrected chi connectivity index (χ0v) is 19.7. The first-order chi connectivity index (χ1) is 16.0. The summed E-state index contributed by atoms with van der Waals surface area (Å²) in [4.78, 5) is 12.7. The first kappa shape index (κ1) is 23.9. The molecule has 164 valence electrons. The molecule has 1 N–H and O–H groups in total. The molecule has 3 aromatic carbocycles. The Morgan fingerprint density at radius 3 is 2.58 bits per heavy atom. The summed E-state index contributed by atoms with van der Waals surface area (Å²) in [6.07, 6.45) is 6.70. The fraction of sp³-hybridized carbons (Fsp3) is 0.0769. The van der Waals surface area contributed by atoms with Crippen molar-refractivity contribution in [3.8, 4) is 29.9 Å². The third kappa shape index (κ3) is 6.89. The standard InChI is InChI=1S/C26H18BrClN2O3/c1-2-13-32-25-12-7-21(27)15-19(25)14-20(16-29)26(31)30-22-8-10-23(11-9-22)33-17-18-5-3-4-6-24(18)28/h1,3-12,14-15H,13,17H2,(H,30,31)/b20-14+. The van der Waals surface area contributed by atoms with Crippen molar-refractivity contribution in [2.45, 2.75) is 6.61 Å². The van der Waals surface area contributed by atoms with Gasteiger partial charge in [0, 0.05) is 26.3 Å². The van der Waals surface area contributed by atoms with Crippen LogP contribution in [-0.4, -0.2) is 12.5 Å². The van der Waals surface area contributed by atoms with Gasteiger partial charge < -0.3 is 14.8 Å². The largest absolute Gasteiger partial charge is 0.489 e. The van der Waals surface area contributed by atoms with E-state index in [1.54, 1.807) is 48.5 Å². The Labute approximate surface area is 205 Å². The lowest BCUT2D eigenvalue weighted by Gasteiger charge is -2.10. The summed E-state index contributed by atoms with van der Waals surface area (Å²) in [6.45, 7) is 0.394. The number of ether oxygens (including phenoxy) is 2. The monoisotopic (exact) mass is 520 g/mol. The first-order valence-electron chi connectivity index (χ1n) is 9.75. The molecule has 0 radical (unpaired) electrons. The molecule has 33 heavy (non-hydrogen) atoms. The molecule has 7 heteroatoms. The molecule has 0 fully saturated rings. The third-order valence-electron chi connectivity index (χ3n) is 4.41. The van der Waals surface area contributed by atoms with Gasteiger partial charge in [-0.2, -0.15) is 5.26 Å². The normalized spacial score (nSPS) is 10.6. The van der Waals surface area contributed by atoms with Gasteiger partial charge in [-0.15, -0.1) is 6.42 Å². The molecule has 0 saturated carbocycles. The van der Waals surface area contributed by atoms with Gasteiger partial charge in [0.2, 0.25) is 0 Å². The van der Waals surface area contributed by atoms with E-state index in [0.29, 0.717) is 34.4 Å². The first-order valence-corrected chi connectivity index (χ1v) is 10.9. The van der Waals surface area contributed by atoms with Crippen molar-refractivity contribution in [2.75, 3.05) is 11.9 Å². The molecule has 0 aliphatic rings. The highest BCUT2D eigenvalue weighted by atomic mass is 79.9. The van der Waals surface area contributed by atoms with Gasteiger partial charge in [-0.3, -0.25) is 4.79 Å². The molecule has 0 bridgehead atoms. The minimum absolute atomic E-state index is 0.0709. The van der Waals surface area contributed by atoms with Crippen molar-refractivity contribution < 1.29 is 14.3 Å². The van der Waals surface area contributed by atoms with Gasteiger partial charge in [-0.25, -0.2) is 0 Å². The van der Waals surface area contributed by atoms with Crippen molar-refractivity contribution in [3.05, 3.63) is 92.9 Å². The SMILES string of the molecule is C#CCOc1ccc(Br)cc1/C=C(\C#N)C(=O)Nc1ccc(OCc2ccccc2Cl)cc1. The van der Waals surface area contributed by atoms with E-state index in [4.69, 9.17) is 27.5 Å². The van der Waals surface area contributed by atoms with Gasteiger partial charge in [0.05, 0.1) is 0 Å². The van der Waals surface area contributed by atoms with Crippen LogP contribution in [-0.2, 0) is 11.4 Å². The molecule has 5 nitrogen and oxygen atoms in total. The Hall–Kier alpha value is -3.71. The van der Waals surface area contributed by atoms with Crippen LogP contribution >= 0.6 is 27.5 Å². The molecule has 0 spiro atoms. The summed E-state index contributed by atoms with van der Waals surface area (Å²) in [5, 5.41) is 12.9. The molecule has 0 aromatic heterocycles. The summed E-state index contributed by atoms with van der Waals surface area (Å²) in [5.41, 5.74) is 1.86. The fourth-order valence-corrected chi connectivity index (χ4v) is 3.37. The van der Waals surface area contributed by atoms with Crippen LogP contribution in [0.3, 0.4) is 0 Å². The number of amides is 1. The molecule has 0 saturated heterocycles. The second-order valence-corrected chi connectivity index (χ2v) is 8.03. The topological polar surface area (TPSA) is 71.3 Å². The second-order valence-electron chi connectivity index (χ2n) is 6.70. The van der Waals surface area contributed by atoms with Crippen molar-refractivity contribution in [3.63, 3.8) is 0 Å². The number of nitrogens with zero attached hydrogens (tertiary/aromatic N) is 1. The van der Waals surface area contributed by atoms with Crippen LogP contribution in [0.5, 0.6) is 11.5 Å². The number of benzene rings is 3. The molecular formula is C26H18BrClN2O3. The smallest absolute Gasteiger partial charge is 0.266 e. The van der Waals surface area contributed by atoms with Gasteiger partial charge in [0.1, 0.15) is 36.4 Å². The number of carbonyl (C=O) groups excluding carboxylic acids is 1. The summed E-state index contributed by atoms with van der Waals surface area (Å²) in [7, 11) is 0. The zero-order chi connectivity index (χ0) is 23.6. The van der Waals surface area contributed by atoms with Crippen LogP contribution in [0.2, 0.25) is 5.02 Å². The highest BCUT2D eigenvalue weighted by Crippen LogP contribution is 2.26.